The van der Waals surface area contributed by atoms with Gasteiger partial charge in [0.25, 0.3) is 0 Å². The molecule has 138 valence electrons. The number of aromatic nitrogens is 1. The predicted molar refractivity (Wildman–Crippen MR) is 105 cm³/mol. The Bertz CT molecular complexity index is 1010. The second-order valence-corrected chi connectivity index (χ2v) is 8.25. The highest BCUT2D eigenvalue weighted by molar-refractivity contribution is 7.18. The van der Waals surface area contributed by atoms with Crippen LogP contribution in [-0.4, -0.2) is 23.5 Å². The quantitative estimate of drug-likeness (QED) is 0.576. The van der Waals surface area contributed by atoms with Crippen LogP contribution in [0.2, 0.25) is 4.34 Å². The Morgan fingerprint density at radius 1 is 1.15 bits per heavy atom. The number of carbonyl (C=O) groups excluding carboxylic acids is 2. The molecule has 3 heterocycles. The summed E-state index contributed by atoms with van der Waals surface area (Å²) in [4.78, 5) is 29.1. The smallest absolute Gasteiger partial charge is 0.231 e. The molecule has 9 heteroatoms. The first-order chi connectivity index (χ1) is 13.1. The van der Waals surface area contributed by atoms with Crippen molar-refractivity contribution in [1.82, 2.24) is 4.98 Å². The normalized spacial score (nSPS) is 12.2. The number of nitrogens with one attached hydrogen (secondary N) is 1. The summed E-state index contributed by atoms with van der Waals surface area (Å²) in [5.74, 6) is 1.04. The third-order valence-corrected chi connectivity index (χ3v) is 5.88. The fraction of sp³-hybridized carbons (Fsp3) is 0.167. The van der Waals surface area contributed by atoms with Gasteiger partial charge in [-0.1, -0.05) is 11.6 Å². The highest BCUT2D eigenvalue weighted by Crippen LogP contribution is 2.36. The Hall–Kier alpha value is -2.42. The zero-order valence-corrected chi connectivity index (χ0v) is 16.2. The number of carbonyl (C=O) groups is 2. The molecule has 0 bridgehead atoms. The highest BCUT2D eigenvalue weighted by Gasteiger charge is 2.16. The fourth-order valence-electron chi connectivity index (χ4n) is 2.52. The van der Waals surface area contributed by atoms with Gasteiger partial charge in [0.2, 0.25) is 12.7 Å². The minimum Gasteiger partial charge on any atom is -0.454 e. The molecule has 0 fully saturated rings. The Morgan fingerprint density at radius 2 is 2.00 bits per heavy atom. The summed E-state index contributed by atoms with van der Waals surface area (Å²) in [6.45, 7) is 0.216. The van der Waals surface area contributed by atoms with Crippen molar-refractivity contribution < 1.29 is 19.1 Å². The number of Topliss-reactive ketones (excluding diaryl/α,β-unsaturated/α-hetero) is 1. The predicted octanol–water partition coefficient (Wildman–Crippen LogP) is 4.86. The minimum absolute atomic E-state index is 0.0906. The molecule has 4 rings (SSSR count). The number of benzene rings is 1. The molecule has 0 radical (unpaired) electrons. The molecular weight excluding hydrogens is 408 g/mol. The molecule has 6 nitrogen and oxygen atoms in total. The molecule has 0 saturated heterocycles. The van der Waals surface area contributed by atoms with Crippen LogP contribution in [0.4, 0.5) is 5.13 Å². The summed E-state index contributed by atoms with van der Waals surface area (Å²) in [6, 6.07) is 8.92. The molecule has 0 unspecified atom stereocenters. The SMILES string of the molecule is O=C(CCC(=O)c1ccc(Cl)s1)Nc1nc(-c2ccc3c(c2)OCO3)cs1. The van der Waals surface area contributed by atoms with Gasteiger partial charge in [0.05, 0.1) is 14.9 Å². The van der Waals surface area contributed by atoms with E-state index in [1.807, 2.05) is 23.6 Å². The highest BCUT2D eigenvalue weighted by atomic mass is 35.5. The second-order valence-electron chi connectivity index (χ2n) is 5.68. The van der Waals surface area contributed by atoms with Crippen molar-refractivity contribution in [3.63, 3.8) is 0 Å². The monoisotopic (exact) mass is 420 g/mol. The van der Waals surface area contributed by atoms with Crippen molar-refractivity contribution in [2.24, 2.45) is 0 Å². The van der Waals surface area contributed by atoms with Crippen LogP contribution in [0.5, 0.6) is 11.5 Å². The summed E-state index contributed by atoms with van der Waals surface area (Å²) in [5.41, 5.74) is 1.61. The van der Waals surface area contributed by atoms with Crippen molar-refractivity contribution in [1.29, 1.82) is 0 Å². The number of fused-ring (bicyclic) bond motifs is 1. The summed E-state index contributed by atoms with van der Waals surface area (Å²) >= 11 is 8.36. The van der Waals surface area contributed by atoms with E-state index in [1.54, 1.807) is 12.1 Å². The molecule has 0 saturated carbocycles. The maximum absolute atomic E-state index is 12.1. The molecule has 0 spiro atoms. The number of anilines is 1. The van der Waals surface area contributed by atoms with Gasteiger partial charge in [-0.2, -0.15) is 0 Å². The third kappa shape index (κ3) is 4.13. The average Bonchev–Trinajstić information content (AvgIpc) is 3.39. The van der Waals surface area contributed by atoms with Gasteiger partial charge in [0.1, 0.15) is 0 Å². The Labute approximate surface area is 167 Å². The van der Waals surface area contributed by atoms with E-state index in [2.05, 4.69) is 10.3 Å². The topological polar surface area (TPSA) is 77.5 Å². The maximum Gasteiger partial charge on any atom is 0.231 e. The lowest BCUT2D eigenvalue weighted by molar-refractivity contribution is -0.116. The van der Waals surface area contributed by atoms with Crippen LogP contribution in [-0.2, 0) is 4.79 Å². The first-order valence-electron chi connectivity index (χ1n) is 8.02. The van der Waals surface area contributed by atoms with Gasteiger partial charge in [-0.15, -0.1) is 22.7 Å². The number of hydrogen-bond donors (Lipinski definition) is 1. The number of nitrogens with zero attached hydrogens (tertiary/aromatic N) is 1. The zero-order chi connectivity index (χ0) is 18.8. The van der Waals surface area contributed by atoms with Crippen molar-refractivity contribution >= 4 is 51.1 Å². The molecule has 1 aliphatic heterocycles. The van der Waals surface area contributed by atoms with Crippen LogP contribution in [0.15, 0.2) is 35.7 Å². The van der Waals surface area contributed by atoms with E-state index in [9.17, 15) is 9.59 Å². The van der Waals surface area contributed by atoms with Gasteiger partial charge in [-0.25, -0.2) is 4.98 Å². The number of ether oxygens (including phenoxy) is 2. The van der Waals surface area contributed by atoms with Crippen LogP contribution in [0.1, 0.15) is 22.5 Å². The van der Waals surface area contributed by atoms with Crippen LogP contribution in [0, 0.1) is 0 Å². The molecule has 1 aliphatic rings. The number of thiophene rings is 1. The number of thiazole rings is 1. The molecule has 1 amide bonds. The summed E-state index contributed by atoms with van der Waals surface area (Å²) in [5, 5.41) is 5.07. The number of rotatable bonds is 6. The van der Waals surface area contributed by atoms with Crippen LogP contribution in [0.25, 0.3) is 11.3 Å². The van der Waals surface area contributed by atoms with E-state index in [-0.39, 0.29) is 31.3 Å². The molecule has 3 aromatic rings. The number of ketones is 1. The van der Waals surface area contributed by atoms with Gasteiger partial charge in [-0.3, -0.25) is 9.59 Å². The number of hydrogen-bond acceptors (Lipinski definition) is 7. The van der Waals surface area contributed by atoms with E-state index in [4.69, 9.17) is 21.1 Å². The van der Waals surface area contributed by atoms with E-state index >= 15 is 0 Å². The average molecular weight is 421 g/mol. The maximum atomic E-state index is 12.1. The lowest BCUT2D eigenvalue weighted by Crippen LogP contribution is -2.13. The first kappa shape index (κ1) is 18.0. The standard InChI is InChI=1S/C18H13ClN2O4S2/c19-16-5-4-15(27-16)12(22)2-6-17(23)21-18-20-11(8-26-18)10-1-3-13-14(7-10)25-9-24-13/h1,3-5,7-8H,2,6,9H2,(H,20,21,23). The molecule has 0 atom stereocenters. The van der Waals surface area contributed by atoms with Crippen molar-refractivity contribution in [2.75, 3.05) is 12.1 Å². The Morgan fingerprint density at radius 3 is 2.81 bits per heavy atom. The Kier molecular flexibility index (Phi) is 5.11. The fourth-order valence-corrected chi connectivity index (χ4v) is 4.26. The first-order valence-corrected chi connectivity index (χ1v) is 10.1. The van der Waals surface area contributed by atoms with Crippen LogP contribution < -0.4 is 14.8 Å². The zero-order valence-electron chi connectivity index (χ0n) is 13.9. The van der Waals surface area contributed by atoms with E-state index in [0.29, 0.717) is 25.8 Å². The minimum atomic E-state index is -0.252. The number of amides is 1. The van der Waals surface area contributed by atoms with Crippen molar-refractivity contribution in [3.05, 3.63) is 44.9 Å². The largest absolute Gasteiger partial charge is 0.454 e. The van der Waals surface area contributed by atoms with E-state index in [0.717, 1.165) is 11.3 Å². The molecule has 1 aromatic carbocycles. The van der Waals surface area contributed by atoms with Gasteiger partial charge in [0.15, 0.2) is 22.4 Å². The van der Waals surface area contributed by atoms with Crippen molar-refractivity contribution in [2.45, 2.75) is 12.8 Å². The molecule has 2 aromatic heterocycles. The summed E-state index contributed by atoms with van der Waals surface area (Å²) in [7, 11) is 0. The summed E-state index contributed by atoms with van der Waals surface area (Å²) < 4.78 is 11.2. The van der Waals surface area contributed by atoms with Gasteiger partial charge >= 0.3 is 0 Å². The summed E-state index contributed by atoms with van der Waals surface area (Å²) in [6.07, 6.45) is 0.219. The van der Waals surface area contributed by atoms with Crippen LogP contribution >= 0.6 is 34.3 Å². The van der Waals surface area contributed by atoms with E-state index < -0.39 is 0 Å². The van der Waals surface area contributed by atoms with E-state index in [1.165, 1.54) is 22.7 Å². The molecule has 0 aliphatic carbocycles. The lowest BCUT2D eigenvalue weighted by Gasteiger charge is -2.01. The van der Waals surface area contributed by atoms with Gasteiger partial charge in [-0.05, 0) is 30.3 Å². The third-order valence-electron chi connectivity index (χ3n) is 3.85. The lowest BCUT2D eigenvalue weighted by atomic mass is 10.1. The number of halogens is 1. The molecule has 27 heavy (non-hydrogen) atoms. The molecular formula is C18H13ClN2O4S2. The van der Waals surface area contributed by atoms with Crippen molar-refractivity contribution in [3.8, 4) is 22.8 Å². The Balaban J connectivity index is 1.35. The van der Waals surface area contributed by atoms with Gasteiger partial charge < -0.3 is 14.8 Å². The second kappa shape index (κ2) is 7.67. The van der Waals surface area contributed by atoms with Gasteiger partial charge in [0, 0.05) is 23.8 Å². The molecule has 1 N–H and O–H groups in total. The van der Waals surface area contributed by atoms with Crippen LogP contribution in [0.3, 0.4) is 0 Å².